The lowest BCUT2D eigenvalue weighted by molar-refractivity contribution is 0.102. The maximum atomic E-state index is 12.9. The number of hydrogen-bond acceptors (Lipinski definition) is 6. The quantitative estimate of drug-likeness (QED) is 0.443. The van der Waals surface area contributed by atoms with Crippen LogP contribution in [-0.2, 0) is 0 Å². The van der Waals surface area contributed by atoms with Gasteiger partial charge in [0, 0.05) is 11.1 Å². The first kappa shape index (κ1) is 19.9. The molecule has 0 saturated heterocycles. The van der Waals surface area contributed by atoms with Crippen LogP contribution in [0.15, 0.2) is 59.0 Å². The van der Waals surface area contributed by atoms with Gasteiger partial charge in [-0.05, 0) is 60.0 Å². The zero-order valence-electron chi connectivity index (χ0n) is 18.0. The number of hydrogen-bond donors (Lipinski definition) is 1. The van der Waals surface area contributed by atoms with Gasteiger partial charge >= 0.3 is 0 Å². The van der Waals surface area contributed by atoms with E-state index in [0.717, 1.165) is 11.1 Å². The van der Waals surface area contributed by atoms with Gasteiger partial charge in [0.05, 0.1) is 12.8 Å². The number of nitrogens with one attached hydrogen (secondary N) is 1. The lowest BCUT2D eigenvalue weighted by Gasteiger charge is -2.11. The molecule has 3 aromatic carbocycles. The molecule has 1 aliphatic heterocycles. The summed E-state index contributed by atoms with van der Waals surface area (Å²) in [5.74, 6) is 2.28. The van der Waals surface area contributed by atoms with Crippen molar-refractivity contribution < 1.29 is 23.4 Å². The van der Waals surface area contributed by atoms with Crippen LogP contribution in [0.3, 0.4) is 0 Å². The second-order valence-corrected chi connectivity index (χ2v) is 7.84. The SMILES string of the molecule is COc1ccc(-c2nc3cc(C(C)C)ccc3o2)cc1NC(=O)c1ccc2c(c1)OCO2. The van der Waals surface area contributed by atoms with Gasteiger partial charge in [0.15, 0.2) is 17.1 Å². The van der Waals surface area contributed by atoms with E-state index in [-0.39, 0.29) is 12.7 Å². The number of aromatic nitrogens is 1. The van der Waals surface area contributed by atoms with E-state index in [1.54, 1.807) is 37.4 Å². The Morgan fingerprint density at radius 2 is 1.88 bits per heavy atom. The Labute approximate surface area is 184 Å². The highest BCUT2D eigenvalue weighted by Crippen LogP contribution is 2.35. The topological polar surface area (TPSA) is 82.8 Å². The van der Waals surface area contributed by atoms with Crippen LogP contribution < -0.4 is 19.5 Å². The number of nitrogens with zero attached hydrogens (tertiary/aromatic N) is 1. The van der Waals surface area contributed by atoms with E-state index in [4.69, 9.17) is 18.6 Å². The first-order valence-corrected chi connectivity index (χ1v) is 10.3. The summed E-state index contributed by atoms with van der Waals surface area (Å²) in [6, 6.07) is 16.5. The lowest BCUT2D eigenvalue weighted by Crippen LogP contribution is -2.12. The van der Waals surface area contributed by atoms with Gasteiger partial charge in [-0.25, -0.2) is 4.98 Å². The Morgan fingerprint density at radius 3 is 2.69 bits per heavy atom. The van der Waals surface area contributed by atoms with Crippen molar-refractivity contribution in [2.75, 3.05) is 19.2 Å². The molecule has 5 rings (SSSR count). The normalized spacial score (nSPS) is 12.4. The number of ether oxygens (including phenoxy) is 3. The molecule has 2 heterocycles. The van der Waals surface area contributed by atoms with Crippen molar-refractivity contribution in [1.29, 1.82) is 0 Å². The van der Waals surface area contributed by atoms with Gasteiger partial charge in [-0.15, -0.1) is 0 Å². The van der Waals surface area contributed by atoms with E-state index in [9.17, 15) is 4.79 Å². The molecule has 0 fully saturated rings. The molecule has 0 bridgehead atoms. The number of anilines is 1. The van der Waals surface area contributed by atoms with Crippen molar-refractivity contribution in [2.24, 2.45) is 0 Å². The maximum Gasteiger partial charge on any atom is 0.255 e. The minimum atomic E-state index is -0.294. The van der Waals surface area contributed by atoms with Crippen molar-refractivity contribution >= 4 is 22.7 Å². The van der Waals surface area contributed by atoms with Crippen LogP contribution in [0.2, 0.25) is 0 Å². The fraction of sp³-hybridized carbons (Fsp3) is 0.200. The van der Waals surface area contributed by atoms with Gasteiger partial charge in [-0.3, -0.25) is 4.79 Å². The molecule has 0 unspecified atom stereocenters. The zero-order valence-corrected chi connectivity index (χ0v) is 18.0. The van der Waals surface area contributed by atoms with Crippen molar-refractivity contribution in [3.63, 3.8) is 0 Å². The Morgan fingerprint density at radius 1 is 1.03 bits per heavy atom. The molecule has 1 aromatic heterocycles. The molecule has 1 aliphatic rings. The number of rotatable bonds is 5. The first-order chi connectivity index (χ1) is 15.5. The number of amides is 1. The van der Waals surface area contributed by atoms with E-state index in [1.165, 1.54) is 5.56 Å². The molecule has 7 heteroatoms. The smallest absolute Gasteiger partial charge is 0.255 e. The Kier molecular flexibility index (Phi) is 4.93. The van der Waals surface area contributed by atoms with Gasteiger partial charge in [0.2, 0.25) is 12.7 Å². The van der Waals surface area contributed by atoms with Crippen LogP contribution >= 0.6 is 0 Å². The predicted octanol–water partition coefficient (Wildman–Crippen LogP) is 5.61. The van der Waals surface area contributed by atoms with E-state index >= 15 is 0 Å². The number of methoxy groups -OCH3 is 1. The Bertz CT molecular complexity index is 1330. The summed E-state index contributed by atoms with van der Waals surface area (Å²) in [6.07, 6.45) is 0. The van der Waals surface area contributed by atoms with Crippen molar-refractivity contribution in [3.8, 4) is 28.7 Å². The molecule has 162 valence electrons. The molecular formula is C25H22N2O5. The third-order valence-electron chi connectivity index (χ3n) is 5.41. The summed E-state index contributed by atoms with van der Waals surface area (Å²) in [5, 5.41) is 2.91. The summed E-state index contributed by atoms with van der Waals surface area (Å²) in [7, 11) is 1.55. The van der Waals surface area contributed by atoms with Gasteiger partial charge in [-0.1, -0.05) is 19.9 Å². The van der Waals surface area contributed by atoms with Crippen LogP contribution in [0.1, 0.15) is 35.7 Å². The highest BCUT2D eigenvalue weighted by atomic mass is 16.7. The predicted molar refractivity (Wildman–Crippen MR) is 121 cm³/mol. The van der Waals surface area contributed by atoms with Crippen LogP contribution in [0.25, 0.3) is 22.6 Å². The molecule has 0 radical (unpaired) electrons. The highest BCUT2D eigenvalue weighted by molar-refractivity contribution is 6.05. The molecule has 32 heavy (non-hydrogen) atoms. The van der Waals surface area contributed by atoms with E-state index in [2.05, 4.69) is 24.1 Å². The Balaban J connectivity index is 1.46. The van der Waals surface area contributed by atoms with Crippen molar-refractivity contribution in [2.45, 2.75) is 19.8 Å². The number of carbonyl (C=O) groups is 1. The monoisotopic (exact) mass is 430 g/mol. The number of carbonyl (C=O) groups excluding carboxylic acids is 1. The summed E-state index contributed by atoms with van der Waals surface area (Å²) in [4.78, 5) is 17.5. The molecule has 4 aromatic rings. The second-order valence-electron chi connectivity index (χ2n) is 7.84. The Hall–Kier alpha value is -4.00. The summed E-state index contributed by atoms with van der Waals surface area (Å²) in [5.41, 5.74) is 4.40. The fourth-order valence-corrected chi connectivity index (χ4v) is 3.60. The highest BCUT2D eigenvalue weighted by Gasteiger charge is 2.18. The standard InChI is InChI=1S/C25H22N2O5/c1-14(2)15-4-8-21-19(10-15)27-25(32-21)17-6-7-20(29-3)18(11-17)26-24(28)16-5-9-22-23(12-16)31-13-30-22/h4-12,14H,13H2,1-3H3,(H,26,28). The van der Waals surface area contributed by atoms with Crippen LogP contribution in [0.4, 0.5) is 5.69 Å². The first-order valence-electron chi connectivity index (χ1n) is 10.3. The van der Waals surface area contributed by atoms with Crippen LogP contribution in [0, 0.1) is 0 Å². The van der Waals surface area contributed by atoms with Gasteiger partial charge in [-0.2, -0.15) is 0 Å². The fourth-order valence-electron chi connectivity index (χ4n) is 3.60. The molecule has 1 N–H and O–H groups in total. The molecule has 0 spiro atoms. The van der Waals surface area contributed by atoms with E-state index < -0.39 is 0 Å². The number of oxazole rings is 1. The lowest BCUT2D eigenvalue weighted by atomic mass is 10.0. The third-order valence-corrected chi connectivity index (χ3v) is 5.41. The minimum Gasteiger partial charge on any atom is -0.495 e. The van der Waals surface area contributed by atoms with E-state index in [1.807, 2.05) is 24.3 Å². The molecule has 7 nitrogen and oxygen atoms in total. The summed E-state index contributed by atoms with van der Waals surface area (Å²) >= 11 is 0. The molecule has 0 aliphatic carbocycles. The molecule has 0 saturated carbocycles. The minimum absolute atomic E-state index is 0.152. The van der Waals surface area contributed by atoms with Crippen molar-refractivity contribution in [1.82, 2.24) is 4.98 Å². The maximum absolute atomic E-state index is 12.9. The summed E-state index contributed by atoms with van der Waals surface area (Å²) < 4.78 is 22.1. The van der Waals surface area contributed by atoms with Crippen LogP contribution in [0.5, 0.6) is 17.2 Å². The summed E-state index contributed by atoms with van der Waals surface area (Å²) in [6.45, 7) is 4.43. The molecule has 0 atom stereocenters. The average Bonchev–Trinajstić information content (AvgIpc) is 3.44. The van der Waals surface area contributed by atoms with Crippen molar-refractivity contribution in [3.05, 3.63) is 65.7 Å². The van der Waals surface area contributed by atoms with Gasteiger partial charge in [0.25, 0.3) is 5.91 Å². The number of fused-ring (bicyclic) bond motifs is 2. The molecular weight excluding hydrogens is 408 g/mol. The number of benzene rings is 3. The molecule has 1 amide bonds. The van der Waals surface area contributed by atoms with Gasteiger partial charge < -0.3 is 23.9 Å². The largest absolute Gasteiger partial charge is 0.495 e. The van der Waals surface area contributed by atoms with E-state index in [0.29, 0.717) is 45.9 Å². The second kappa shape index (κ2) is 7.92. The average molecular weight is 430 g/mol. The van der Waals surface area contributed by atoms with Crippen LogP contribution in [-0.4, -0.2) is 24.8 Å². The van der Waals surface area contributed by atoms with Gasteiger partial charge in [0.1, 0.15) is 11.3 Å². The third kappa shape index (κ3) is 3.62. The zero-order chi connectivity index (χ0) is 22.2.